The number of hydrogen-bond acceptors (Lipinski definition) is 5. The molecule has 2 unspecified atom stereocenters. The number of aromatic carboxylic acids is 1. The van der Waals surface area contributed by atoms with Crippen LogP contribution in [0.5, 0.6) is 5.75 Å². The second-order valence-electron chi connectivity index (χ2n) is 6.64. The zero-order valence-corrected chi connectivity index (χ0v) is 16.9. The lowest BCUT2D eigenvalue weighted by molar-refractivity contribution is -0.121. The van der Waals surface area contributed by atoms with Gasteiger partial charge in [-0.25, -0.2) is 4.79 Å². The number of rotatable bonds is 7. The molecule has 0 saturated carbocycles. The summed E-state index contributed by atoms with van der Waals surface area (Å²) in [6, 6.07) is 11.0. The summed E-state index contributed by atoms with van der Waals surface area (Å²) >= 11 is 0. The number of ketones is 1. The van der Waals surface area contributed by atoms with Gasteiger partial charge in [0.25, 0.3) is 5.91 Å². The van der Waals surface area contributed by atoms with Gasteiger partial charge in [0.1, 0.15) is 5.75 Å². The third-order valence-electron chi connectivity index (χ3n) is 4.78. The first-order chi connectivity index (χ1) is 13.8. The first kappa shape index (κ1) is 20.7. The van der Waals surface area contributed by atoms with E-state index in [0.717, 1.165) is 0 Å². The Bertz CT molecular complexity index is 985. The van der Waals surface area contributed by atoms with E-state index in [2.05, 4.69) is 0 Å². The molecule has 1 aliphatic rings. The molecule has 0 spiro atoms. The van der Waals surface area contributed by atoms with Gasteiger partial charge in [0.05, 0.1) is 16.5 Å². The van der Waals surface area contributed by atoms with Crippen molar-refractivity contribution in [2.75, 3.05) is 18.1 Å². The molecule has 1 amide bonds. The molecule has 8 heteroatoms. The summed E-state index contributed by atoms with van der Waals surface area (Å²) in [5.74, 6) is -0.818. The summed E-state index contributed by atoms with van der Waals surface area (Å²) in [7, 11) is -1.49. The van der Waals surface area contributed by atoms with Crippen molar-refractivity contribution < 1.29 is 28.4 Å². The Morgan fingerprint density at radius 3 is 2.45 bits per heavy atom. The molecule has 2 aromatic carbocycles. The number of carboxylic acids is 1. The van der Waals surface area contributed by atoms with Crippen molar-refractivity contribution >= 4 is 34.1 Å². The van der Waals surface area contributed by atoms with Gasteiger partial charge in [0.2, 0.25) is 0 Å². The van der Waals surface area contributed by atoms with Gasteiger partial charge >= 0.3 is 5.97 Å². The third-order valence-corrected chi connectivity index (χ3v) is 6.40. The number of carbonyl (C=O) groups excluding carboxylic acids is 2. The summed E-state index contributed by atoms with van der Waals surface area (Å²) in [6.45, 7) is 3.87. The van der Waals surface area contributed by atoms with Crippen LogP contribution in [0.4, 0.5) is 5.69 Å². The standard InChI is InChI=1S/C21H21NO6S/c1-3-22-17-10-16(8-9-18(17)28-11-19(22)23)20(24)13(2)29(27)12-14-4-6-15(7-5-14)21(25)26/h4-10,13H,3,11-12H2,1-2H3,(H,25,26). The largest absolute Gasteiger partial charge is 0.482 e. The molecule has 0 bridgehead atoms. The number of likely N-dealkylation sites (N-methyl/N-ethyl adjacent to an activating group) is 1. The highest BCUT2D eigenvalue weighted by atomic mass is 32.2. The highest BCUT2D eigenvalue weighted by Gasteiger charge is 2.27. The Morgan fingerprint density at radius 1 is 1.17 bits per heavy atom. The fourth-order valence-corrected chi connectivity index (χ4v) is 4.23. The normalized spacial score (nSPS) is 15.2. The predicted molar refractivity (Wildman–Crippen MR) is 109 cm³/mol. The van der Waals surface area contributed by atoms with Crippen LogP contribution in [0.1, 0.15) is 40.1 Å². The molecule has 1 aliphatic heterocycles. The van der Waals surface area contributed by atoms with Gasteiger partial charge < -0.3 is 14.7 Å². The number of Topliss-reactive ketones (excluding diaryl/α,β-unsaturated/α-hetero) is 1. The van der Waals surface area contributed by atoms with Crippen LogP contribution in [0.2, 0.25) is 0 Å². The maximum absolute atomic E-state index is 12.9. The van der Waals surface area contributed by atoms with Crippen molar-refractivity contribution in [2.24, 2.45) is 0 Å². The van der Waals surface area contributed by atoms with Crippen LogP contribution in [0, 0.1) is 0 Å². The minimum absolute atomic E-state index is 0.0325. The topological polar surface area (TPSA) is 101 Å². The van der Waals surface area contributed by atoms with E-state index in [4.69, 9.17) is 9.84 Å². The highest BCUT2D eigenvalue weighted by molar-refractivity contribution is 7.85. The average Bonchev–Trinajstić information content (AvgIpc) is 2.72. The number of fused-ring (bicyclic) bond motifs is 1. The number of benzene rings is 2. The van der Waals surface area contributed by atoms with Crippen molar-refractivity contribution in [2.45, 2.75) is 24.9 Å². The first-order valence-electron chi connectivity index (χ1n) is 9.12. The first-order valence-corrected chi connectivity index (χ1v) is 10.5. The van der Waals surface area contributed by atoms with Gasteiger partial charge in [0.15, 0.2) is 12.4 Å². The van der Waals surface area contributed by atoms with Gasteiger partial charge in [-0.1, -0.05) is 12.1 Å². The maximum atomic E-state index is 12.9. The molecular weight excluding hydrogens is 394 g/mol. The van der Waals surface area contributed by atoms with Gasteiger partial charge in [-0.05, 0) is 49.7 Å². The predicted octanol–water partition coefficient (Wildman–Crippen LogP) is 2.65. The number of anilines is 1. The number of amides is 1. The molecule has 29 heavy (non-hydrogen) atoms. The molecule has 7 nitrogen and oxygen atoms in total. The van der Waals surface area contributed by atoms with Crippen molar-refractivity contribution in [1.82, 2.24) is 0 Å². The maximum Gasteiger partial charge on any atom is 0.335 e. The van der Waals surface area contributed by atoms with Crippen molar-refractivity contribution in [3.8, 4) is 5.75 Å². The van der Waals surface area contributed by atoms with E-state index in [-0.39, 0.29) is 29.6 Å². The highest BCUT2D eigenvalue weighted by Crippen LogP contribution is 2.33. The monoisotopic (exact) mass is 415 g/mol. The molecule has 1 N–H and O–H groups in total. The molecule has 1 heterocycles. The smallest absolute Gasteiger partial charge is 0.335 e. The van der Waals surface area contributed by atoms with Gasteiger partial charge in [-0.2, -0.15) is 0 Å². The van der Waals surface area contributed by atoms with Crippen LogP contribution < -0.4 is 9.64 Å². The van der Waals surface area contributed by atoms with E-state index in [1.807, 2.05) is 6.92 Å². The molecule has 0 radical (unpaired) electrons. The summed E-state index contributed by atoms with van der Waals surface area (Å²) in [6.07, 6.45) is 0. The quantitative estimate of drug-likeness (QED) is 0.698. The van der Waals surface area contributed by atoms with E-state index >= 15 is 0 Å². The Morgan fingerprint density at radius 2 is 1.83 bits per heavy atom. The van der Waals surface area contributed by atoms with Crippen LogP contribution in [0.3, 0.4) is 0 Å². The fraction of sp³-hybridized carbons (Fsp3) is 0.286. The Labute approximate surface area is 170 Å². The van der Waals surface area contributed by atoms with E-state index in [0.29, 0.717) is 29.1 Å². The van der Waals surface area contributed by atoms with E-state index in [9.17, 15) is 18.6 Å². The summed E-state index contributed by atoms with van der Waals surface area (Å²) < 4.78 is 18.1. The van der Waals surface area contributed by atoms with Crippen LogP contribution in [0.15, 0.2) is 42.5 Å². The lowest BCUT2D eigenvalue weighted by atomic mass is 10.1. The lowest BCUT2D eigenvalue weighted by Gasteiger charge is -2.28. The second kappa shape index (κ2) is 8.57. The number of nitrogens with zero attached hydrogens (tertiary/aromatic N) is 1. The van der Waals surface area contributed by atoms with Gasteiger partial charge in [0, 0.05) is 28.7 Å². The number of hydrogen-bond donors (Lipinski definition) is 1. The second-order valence-corrected chi connectivity index (χ2v) is 8.40. The minimum Gasteiger partial charge on any atom is -0.482 e. The van der Waals surface area contributed by atoms with E-state index in [1.165, 1.54) is 12.1 Å². The summed E-state index contributed by atoms with van der Waals surface area (Å²) in [5, 5.41) is 8.18. The molecular formula is C21H21NO6S. The van der Waals surface area contributed by atoms with E-state index in [1.54, 1.807) is 42.2 Å². The fourth-order valence-electron chi connectivity index (χ4n) is 3.09. The van der Waals surface area contributed by atoms with Crippen LogP contribution in [-0.2, 0) is 21.3 Å². The molecule has 0 aliphatic carbocycles. The van der Waals surface area contributed by atoms with Crippen LogP contribution in [-0.4, -0.2) is 45.4 Å². The van der Waals surface area contributed by atoms with Gasteiger partial charge in [-0.15, -0.1) is 0 Å². The zero-order chi connectivity index (χ0) is 21.1. The lowest BCUT2D eigenvalue weighted by Crippen LogP contribution is -2.38. The Hall–Kier alpha value is -3.00. The van der Waals surface area contributed by atoms with Crippen molar-refractivity contribution in [1.29, 1.82) is 0 Å². The summed E-state index contributed by atoms with van der Waals surface area (Å²) in [5.41, 5.74) is 1.74. The molecule has 2 atom stereocenters. The number of carbonyl (C=O) groups is 3. The minimum atomic E-state index is -1.49. The van der Waals surface area contributed by atoms with E-state index < -0.39 is 22.0 Å². The average molecular weight is 415 g/mol. The molecule has 3 rings (SSSR count). The van der Waals surface area contributed by atoms with Crippen molar-refractivity contribution in [3.63, 3.8) is 0 Å². The Kier molecular flexibility index (Phi) is 6.12. The summed E-state index contributed by atoms with van der Waals surface area (Å²) in [4.78, 5) is 37.4. The van der Waals surface area contributed by atoms with Crippen LogP contribution >= 0.6 is 0 Å². The SMILES string of the molecule is CCN1C(=O)COc2ccc(C(=O)C(C)S(=O)Cc3ccc(C(=O)O)cc3)cc21. The number of carboxylic acid groups (broad SMARTS) is 1. The van der Waals surface area contributed by atoms with Crippen LogP contribution in [0.25, 0.3) is 0 Å². The van der Waals surface area contributed by atoms with Gasteiger partial charge in [-0.3, -0.25) is 13.8 Å². The van der Waals surface area contributed by atoms with Crippen molar-refractivity contribution in [3.05, 3.63) is 59.2 Å². The number of ether oxygens (including phenoxy) is 1. The molecule has 152 valence electrons. The molecule has 0 saturated heterocycles. The Balaban J connectivity index is 1.76. The third kappa shape index (κ3) is 4.37. The molecule has 2 aromatic rings. The zero-order valence-electron chi connectivity index (χ0n) is 16.1. The molecule has 0 fully saturated rings. The molecule has 0 aromatic heterocycles.